The molecule has 48 heavy (non-hydrogen) atoms. The summed E-state index contributed by atoms with van der Waals surface area (Å²) in [7, 11) is 1.12. The molecule has 0 saturated heterocycles. The third-order valence-electron chi connectivity index (χ3n) is 7.49. The lowest BCUT2D eigenvalue weighted by atomic mass is 10.0. The van der Waals surface area contributed by atoms with Gasteiger partial charge >= 0.3 is 0 Å². The smallest absolute Gasteiger partial charge is 0.265 e. The molecule has 2 amide bonds. The predicted molar refractivity (Wildman–Crippen MR) is 187 cm³/mol. The molecule has 1 N–H and O–H groups in total. The third-order valence-corrected chi connectivity index (χ3v) is 10.2. The van der Waals surface area contributed by atoms with Crippen molar-refractivity contribution in [3.63, 3.8) is 0 Å². The average Bonchev–Trinajstić information content (AvgIpc) is 3.09. The molecular formula is C34H34Cl3N3O7S. The molecule has 1 atom stereocenters. The topological polar surface area (TPSA) is 114 Å². The Morgan fingerprint density at radius 3 is 2.06 bits per heavy atom. The Hall–Kier alpha value is -4.16. The summed E-state index contributed by atoms with van der Waals surface area (Å²) in [5.74, 6) is -0.550. The predicted octanol–water partition coefficient (Wildman–Crippen LogP) is 6.25. The van der Waals surface area contributed by atoms with Gasteiger partial charge in [0.25, 0.3) is 10.0 Å². The summed E-state index contributed by atoms with van der Waals surface area (Å²) in [5.41, 5.74) is 1.35. The van der Waals surface area contributed by atoms with E-state index < -0.39 is 34.4 Å². The highest BCUT2D eigenvalue weighted by atomic mass is 35.5. The summed E-state index contributed by atoms with van der Waals surface area (Å²) in [6.07, 6.45) is 0.135. The van der Waals surface area contributed by atoms with Crippen molar-refractivity contribution in [3.05, 3.63) is 111 Å². The lowest BCUT2D eigenvalue weighted by Gasteiger charge is -2.34. The number of rotatable bonds is 14. The first kappa shape index (κ1) is 36.7. The molecule has 4 rings (SSSR count). The minimum atomic E-state index is -4.51. The first-order chi connectivity index (χ1) is 22.9. The molecular weight excluding hydrogens is 701 g/mol. The maximum absolute atomic E-state index is 14.6. The van der Waals surface area contributed by atoms with Gasteiger partial charge in [-0.3, -0.25) is 13.9 Å². The van der Waals surface area contributed by atoms with E-state index in [4.69, 9.17) is 49.0 Å². The second-order valence-corrected chi connectivity index (χ2v) is 13.5. The van der Waals surface area contributed by atoms with Gasteiger partial charge in [0, 0.05) is 31.1 Å². The summed E-state index contributed by atoms with van der Waals surface area (Å²) in [6, 6.07) is 21.4. The molecule has 0 radical (unpaired) electrons. The number of methoxy groups -OCH3 is 3. The van der Waals surface area contributed by atoms with Crippen LogP contribution in [0.15, 0.2) is 89.8 Å². The molecule has 10 nitrogen and oxygen atoms in total. The zero-order chi connectivity index (χ0) is 35.0. The number of anilines is 1. The standard InChI is InChI=1S/C34H34Cl3N3O7S/c1-38-34(42)29(17-22-8-6-5-7-9-22)39(20-23-10-13-26(36)27(37)16-23)33(41)21-40(28-18-24(35)11-14-30(28)45-2)48(43,44)25-12-15-31(46-3)32(19-25)47-4/h5-16,18-19,29H,17,20-21H2,1-4H3,(H,38,42)/t29-/m0/s1. The van der Waals surface area contributed by atoms with E-state index in [0.717, 1.165) is 9.87 Å². The SMILES string of the molecule is CNC(=O)[C@H](Cc1ccccc1)N(Cc1ccc(Cl)c(Cl)c1)C(=O)CN(c1cc(Cl)ccc1OC)S(=O)(=O)c1ccc(OC)c(OC)c1. The third kappa shape index (κ3) is 8.46. The first-order valence-corrected chi connectivity index (χ1v) is 17.1. The van der Waals surface area contributed by atoms with Crippen LogP contribution in [0.2, 0.25) is 15.1 Å². The van der Waals surface area contributed by atoms with Crippen LogP contribution in [0.5, 0.6) is 17.2 Å². The van der Waals surface area contributed by atoms with E-state index in [2.05, 4.69) is 5.32 Å². The molecule has 4 aromatic rings. The molecule has 0 aliphatic heterocycles. The van der Waals surface area contributed by atoms with Gasteiger partial charge < -0.3 is 24.4 Å². The molecule has 0 fully saturated rings. The number of nitrogens with one attached hydrogen (secondary N) is 1. The average molecular weight is 735 g/mol. The fraction of sp³-hybridized carbons (Fsp3) is 0.235. The number of halogens is 3. The molecule has 0 spiro atoms. The highest BCUT2D eigenvalue weighted by molar-refractivity contribution is 7.92. The largest absolute Gasteiger partial charge is 0.495 e. The second kappa shape index (κ2) is 16.3. The first-order valence-electron chi connectivity index (χ1n) is 14.5. The lowest BCUT2D eigenvalue weighted by Crippen LogP contribution is -2.53. The summed E-state index contributed by atoms with van der Waals surface area (Å²) in [5, 5.41) is 3.40. The van der Waals surface area contributed by atoms with Gasteiger partial charge in [0.2, 0.25) is 11.8 Å². The normalized spacial score (nSPS) is 11.7. The van der Waals surface area contributed by atoms with Crippen molar-refractivity contribution in [2.24, 2.45) is 0 Å². The van der Waals surface area contributed by atoms with Crippen molar-refractivity contribution >= 4 is 62.3 Å². The number of carbonyl (C=O) groups excluding carboxylic acids is 2. The number of nitrogens with zero attached hydrogens (tertiary/aromatic N) is 2. The number of benzene rings is 4. The summed E-state index contributed by atoms with van der Waals surface area (Å²) < 4.78 is 46.0. The van der Waals surface area contributed by atoms with Gasteiger partial charge in [0.05, 0.1) is 42.0 Å². The van der Waals surface area contributed by atoms with Gasteiger partial charge in [-0.2, -0.15) is 0 Å². The molecule has 0 aliphatic rings. The van der Waals surface area contributed by atoms with Crippen molar-refractivity contribution in [2.45, 2.75) is 23.9 Å². The van der Waals surface area contributed by atoms with Crippen LogP contribution in [0, 0.1) is 0 Å². The van der Waals surface area contributed by atoms with E-state index in [1.807, 2.05) is 30.3 Å². The number of hydrogen-bond acceptors (Lipinski definition) is 7. The van der Waals surface area contributed by atoms with Crippen LogP contribution in [-0.2, 0) is 32.6 Å². The van der Waals surface area contributed by atoms with Gasteiger partial charge in [-0.05, 0) is 53.6 Å². The Bertz CT molecular complexity index is 1880. The van der Waals surface area contributed by atoms with Crippen LogP contribution in [0.3, 0.4) is 0 Å². The molecule has 0 unspecified atom stereocenters. The maximum Gasteiger partial charge on any atom is 0.265 e. The van der Waals surface area contributed by atoms with Gasteiger partial charge in [-0.25, -0.2) is 8.42 Å². The molecule has 254 valence electrons. The molecule has 0 bridgehead atoms. The highest BCUT2D eigenvalue weighted by Crippen LogP contribution is 2.37. The Morgan fingerprint density at radius 2 is 1.44 bits per heavy atom. The Morgan fingerprint density at radius 1 is 0.771 bits per heavy atom. The van der Waals surface area contributed by atoms with E-state index in [1.165, 1.54) is 69.7 Å². The van der Waals surface area contributed by atoms with Gasteiger partial charge in [-0.1, -0.05) is 71.2 Å². The van der Waals surface area contributed by atoms with Gasteiger partial charge in [0.15, 0.2) is 11.5 Å². The molecule has 0 aliphatic carbocycles. The summed E-state index contributed by atoms with van der Waals surface area (Å²) >= 11 is 18.8. The zero-order valence-electron chi connectivity index (χ0n) is 26.6. The number of ether oxygens (including phenoxy) is 3. The van der Waals surface area contributed by atoms with Crippen molar-refractivity contribution in [1.82, 2.24) is 10.2 Å². The monoisotopic (exact) mass is 733 g/mol. The number of sulfonamides is 1. The van der Waals surface area contributed by atoms with Crippen LogP contribution < -0.4 is 23.8 Å². The van der Waals surface area contributed by atoms with E-state index in [-0.39, 0.29) is 45.1 Å². The van der Waals surface area contributed by atoms with Gasteiger partial charge in [-0.15, -0.1) is 0 Å². The fourth-order valence-corrected chi connectivity index (χ4v) is 6.95. The number of likely N-dealkylation sites (N-methyl/N-ethyl adjacent to an activating group) is 1. The van der Waals surface area contributed by atoms with Crippen LogP contribution >= 0.6 is 34.8 Å². The second-order valence-electron chi connectivity index (χ2n) is 10.4. The van der Waals surface area contributed by atoms with E-state index in [9.17, 15) is 18.0 Å². The fourth-order valence-electron chi connectivity index (χ4n) is 5.03. The Labute approximate surface area is 295 Å². The summed E-state index contributed by atoms with van der Waals surface area (Å²) in [4.78, 5) is 29.2. The zero-order valence-corrected chi connectivity index (χ0v) is 29.7. The van der Waals surface area contributed by atoms with Crippen molar-refractivity contribution in [2.75, 3.05) is 39.2 Å². The Balaban J connectivity index is 1.88. The van der Waals surface area contributed by atoms with Crippen molar-refractivity contribution in [3.8, 4) is 17.2 Å². The molecule has 14 heteroatoms. The minimum Gasteiger partial charge on any atom is -0.495 e. The minimum absolute atomic E-state index is 0.00201. The van der Waals surface area contributed by atoms with E-state index in [1.54, 1.807) is 18.2 Å². The van der Waals surface area contributed by atoms with Crippen LogP contribution in [0.1, 0.15) is 11.1 Å². The molecule has 0 aromatic heterocycles. The van der Waals surface area contributed by atoms with Crippen LogP contribution in [0.4, 0.5) is 5.69 Å². The van der Waals surface area contributed by atoms with Gasteiger partial charge in [0.1, 0.15) is 18.3 Å². The van der Waals surface area contributed by atoms with E-state index in [0.29, 0.717) is 16.3 Å². The molecule has 0 saturated carbocycles. The number of carbonyl (C=O) groups is 2. The number of amides is 2. The quantitative estimate of drug-likeness (QED) is 0.163. The summed E-state index contributed by atoms with van der Waals surface area (Å²) in [6.45, 7) is -0.839. The Kier molecular flexibility index (Phi) is 12.4. The number of hydrogen-bond donors (Lipinski definition) is 1. The molecule has 4 aromatic carbocycles. The van der Waals surface area contributed by atoms with Crippen LogP contribution in [-0.4, -0.2) is 66.1 Å². The maximum atomic E-state index is 14.6. The van der Waals surface area contributed by atoms with E-state index >= 15 is 0 Å². The van der Waals surface area contributed by atoms with Crippen molar-refractivity contribution in [1.29, 1.82) is 0 Å². The highest BCUT2D eigenvalue weighted by Gasteiger charge is 2.36. The van der Waals surface area contributed by atoms with Crippen LogP contribution in [0.25, 0.3) is 0 Å². The molecule has 0 heterocycles. The van der Waals surface area contributed by atoms with Crippen molar-refractivity contribution < 1.29 is 32.2 Å². The lowest BCUT2D eigenvalue weighted by molar-refractivity contribution is -0.139.